The zero-order valence-corrected chi connectivity index (χ0v) is 27.7. The van der Waals surface area contributed by atoms with Gasteiger partial charge in [-0.3, -0.25) is 19.8 Å². The number of alkyl halides is 2. The molecule has 3 aromatic carbocycles. The molecule has 2 aliphatic rings. The van der Waals surface area contributed by atoms with Crippen molar-refractivity contribution >= 4 is 56.1 Å². The van der Waals surface area contributed by atoms with Crippen LogP contribution < -0.4 is 15.0 Å². The lowest BCUT2D eigenvalue weighted by molar-refractivity contribution is -0.384. The second-order valence-corrected chi connectivity index (χ2v) is 13.0. The number of non-ortho nitro benzene ring substituents is 1. The fourth-order valence-corrected chi connectivity index (χ4v) is 6.58. The predicted molar refractivity (Wildman–Crippen MR) is 173 cm³/mol. The Balaban J connectivity index is 0.000000363. The normalized spacial score (nSPS) is 15.6. The number of sulfone groups is 1. The largest absolute Gasteiger partial charge is 0.414 e. The van der Waals surface area contributed by atoms with Gasteiger partial charge in [0.15, 0.2) is 15.6 Å². The minimum atomic E-state index is -3.96. The summed E-state index contributed by atoms with van der Waals surface area (Å²) in [7, 11) is -2.70. The van der Waals surface area contributed by atoms with Crippen LogP contribution in [0.5, 0.6) is 5.75 Å². The van der Waals surface area contributed by atoms with Crippen molar-refractivity contribution in [2.75, 3.05) is 17.7 Å². The maximum atomic E-state index is 13.9. The molecule has 0 spiro atoms. The Labute approximate surface area is 288 Å². The van der Waals surface area contributed by atoms with E-state index in [1.165, 1.54) is 68.6 Å². The minimum absolute atomic E-state index is 0.0125. The molecule has 5 rings (SSSR count). The summed E-state index contributed by atoms with van der Waals surface area (Å²) < 4.78 is 57.3. The first-order valence-corrected chi connectivity index (χ1v) is 16.6. The van der Waals surface area contributed by atoms with E-state index in [4.69, 9.17) is 11.6 Å². The van der Waals surface area contributed by atoms with Gasteiger partial charge in [-0.2, -0.15) is 5.26 Å². The van der Waals surface area contributed by atoms with Crippen molar-refractivity contribution < 1.29 is 46.0 Å². The average Bonchev–Trinajstić information content (AvgIpc) is 3.47. The van der Waals surface area contributed by atoms with Gasteiger partial charge in [-0.05, 0) is 48.4 Å². The molecule has 0 radical (unpaired) electrons. The number of nitriles is 1. The number of allylic oxidation sites excluding steroid dienone is 1. The van der Waals surface area contributed by atoms with E-state index in [1.807, 2.05) is 6.07 Å². The van der Waals surface area contributed by atoms with Crippen LogP contribution in [0.3, 0.4) is 0 Å². The van der Waals surface area contributed by atoms with Gasteiger partial charge in [0, 0.05) is 54.0 Å². The van der Waals surface area contributed by atoms with Gasteiger partial charge in [0.05, 0.1) is 32.9 Å². The summed E-state index contributed by atoms with van der Waals surface area (Å²) in [6.07, 6.45) is -2.75. The van der Waals surface area contributed by atoms with Crippen LogP contribution in [0.4, 0.5) is 34.5 Å². The number of hydrogen-bond acceptors (Lipinski definition) is 10. The molecule has 3 aromatic rings. The Morgan fingerprint density at radius 2 is 1.80 bits per heavy atom. The van der Waals surface area contributed by atoms with E-state index in [0.717, 1.165) is 17.0 Å². The Morgan fingerprint density at radius 1 is 1.12 bits per heavy atom. The molecule has 1 aliphatic heterocycles. The molecule has 50 heavy (non-hydrogen) atoms. The number of nitro groups is 1. The van der Waals surface area contributed by atoms with Gasteiger partial charge in [-0.1, -0.05) is 25.1 Å². The topological polar surface area (TPSA) is 197 Å². The molecule has 1 unspecified atom stereocenters. The molecule has 1 N–H and O–H groups in total. The van der Waals surface area contributed by atoms with Crippen LogP contribution in [-0.4, -0.2) is 54.3 Å². The zero-order chi connectivity index (χ0) is 36.9. The molecule has 1 aliphatic carbocycles. The number of nitrogens with zero attached hydrogens (tertiary/aromatic N) is 4. The summed E-state index contributed by atoms with van der Waals surface area (Å²) >= 11 is 4.92. The van der Waals surface area contributed by atoms with E-state index in [9.17, 15) is 51.8 Å². The van der Waals surface area contributed by atoms with E-state index in [1.54, 1.807) is 0 Å². The number of nitrogens with one attached hydrogen (secondary N) is 1. The molecule has 18 heteroatoms. The van der Waals surface area contributed by atoms with Crippen LogP contribution in [0.1, 0.15) is 48.9 Å². The molecule has 1 atom stereocenters. The Kier molecular flexibility index (Phi) is 11.3. The molecule has 0 saturated heterocycles. The smallest absolute Gasteiger partial charge is 0.409 e. The summed E-state index contributed by atoms with van der Waals surface area (Å²) in [5, 5.41) is 21.9. The molecular formula is C32H26ClF2N5O9S. The molecule has 260 valence electrons. The highest BCUT2D eigenvalue weighted by molar-refractivity contribution is 7.91. The quantitative estimate of drug-likeness (QED) is 0.158. The Bertz CT molecular complexity index is 2070. The monoisotopic (exact) mass is 729 g/mol. The van der Waals surface area contributed by atoms with E-state index in [-0.39, 0.29) is 68.6 Å². The van der Waals surface area contributed by atoms with Gasteiger partial charge >= 0.3 is 17.5 Å². The Morgan fingerprint density at radius 3 is 2.36 bits per heavy atom. The number of Topliss-reactive ketones (excluding diaryl/α,β-unsaturated/α-hetero) is 1. The average molecular weight is 730 g/mol. The highest BCUT2D eigenvalue weighted by Crippen LogP contribution is 2.46. The first-order chi connectivity index (χ1) is 23.6. The lowest BCUT2D eigenvalue weighted by Crippen LogP contribution is -2.55. The third kappa shape index (κ3) is 7.61. The molecule has 0 aromatic heterocycles. The lowest BCUT2D eigenvalue weighted by atomic mass is 9.92. The number of carbonyl (C=O) groups is 4. The number of urea groups is 2. The van der Waals surface area contributed by atoms with Crippen LogP contribution in [0.25, 0.3) is 0 Å². The number of ketones is 1. The Hall–Kier alpha value is -5.73. The second-order valence-electron chi connectivity index (χ2n) is 10.5. The summed E-state index contributed by atoms with van der Waals surface area (Å²) in [6, 6.07) is 12.5. The van der Waals surface area contributed by atoms with E-state index in [2.05, 4.69) is 10.1 Å². The van der Waals surface area contributed by atoms with Gasteiger partial charge in [0.25, 0.3) is 12.1 Å². The first-order valence-electron chi connectivity index (χ1n) is 14.5. The number of amides is 4. The van der Waals surface area contributed by atoms with Gasteiger partial charge < -0.3 is 10.1 Å². The van der Waals surface area contributed by atoms with Gasteiger partial charge in [-0.15, -0.1) is 0 Å². The number of imide groups is 1. The van der Waals surface area contributed by atoms with Crippen LogP contribution in [0.15, 0.2) is 82.9 Å². The molecule has 0 bridgehead atoms. The number of rotatable bonds is 7. The molecule has 4 amide bonds. The SMILES string of the molecule is CCS(=O)(=O)c1cc(C#N)ccc1C1C2=C(CCC2=O)N(c2cccc(C(F)F)c2)C(=O)N1C(=O)NC.O=C(Cl)Oc1ccc([N+](=O)[O-])cc1. The second kappa shape index (κ2) is 15.2. The first kappa shape index (κ1) is 37.1. The maximum Gasteiger partial charge on any atom is 0.409 e. The van der Waals surface area contributed by atoms with Crippen molar-refractivity contribution in [1.29, 1.82) is 5.26 Å². The number of benzene rings is 3. The van der Waals surface area contributed by atoms with Crippen LogP contribution >= 0.6 is 11.6 Å². The van der Waals surface area contributed by atoms with Crippen molar-refractivity contribution in [3.63, 3.8) is 0 Å². The molecule has 0 saturated carbocycles. The van der Waals surface area contributed by atoms with Crippen LogP contribution in [-0.2, 0) is 14.6 Å². The maximum absolute atomic E-state index is 13.9. The van der Waals surface area contributed by atoms with Crippen molar-refractivity contribution in [3.8, 4) is 11.8 Å². The number of hydrogen-bond donors (Lipinski definition) is 1. The van der Waals surface area contributed by atoms with Gasteiger partial charge in [0.1, 0.15) is 11.8 Å². The number of nitro benzene ring substituents is 1. The zero-order valence-electron chi connectivity index (χ0n) is 26.1. The molecule has 1 heterocycles. The predicted octanol–water partition coefficient (Wildman–Crippen LogP) is 6.56. The van der Waals surface area contributed by atoms with Crippen molar-refractivity contribution in [2.24, 2.45) is 0 Å². The van der Waals surface area contributed by atoms with E-state index in [0.29, 0.717) is 4.90 Å². The number of ether oxygens (including phenoxy) is 1. The lowest BCUT2D eigenvalue weighted by Gasteiger charge is -2.41. The summed E-state index contributed by atoms with van der Waals surface area (Å²) in [6.45, 7) is 1.41. The van der Waals surface area contributed by atoms with Crippen molar-refractivity contribution in [1.82, 2.24) is 10.2 Å². The molecule has 0 fully saturated rings. The molecular weight excluding hydrogens is 704 g/mol. The number of carbonyl (C=O) groups excluding carboxylic acids is 4. The molecule has 14 nitrogen and oxygen atoms in total. The summed E-state index contributed by atoms with van der Waals surface area (Å²) in [5.74, 6) is -0.576. The summed E-state index contributed by atoms with van der Waals surface area (Å²) in [4.78, 5) is 61.5. The third-order valence-corrected chi connectivity index (χ3v) is 9.47. The minimum Gasteiger partial charge on any atom is -0.414 e. The van der Waals surface area contributed by atoms with Gasteiger partial charge in [0.2, 0.25) is 0 Å². The van der Waals surface area contributed by atoms with Crippen molar-refractivity contribution in [2.45, 2.75) is 37.1 Å². The van der Waals surface area contributed by atoms with E-state index >= 15 is 0 Å². The van der Waals surface area contributed by atoms with Crippen LogP contribution in [0, 0.1) is 21.4 Å². The standard InChI is InChI=1S/C25H22F2N4O5S.C7H4ClNO4/c1-3-37(35,36)20-11-14(13-28)7-8-17(20)22-21-18(9-10-19(21)32)30(25(34)31(22)24(33)29-2)16-6-4-5-15(12-16)23(26)27;8-7(10)13-6-3-1-5(2-4-6)9(11)12/h4-8,11-12,22-23H,3,9-10H2,1-2H3,(H,29,33);1-4H. The fraction of sp³-hybridized carbons (Fsp3) is 0.219. The van der Waals surface area contributed by atoms with Crippen molar-refractivity contribution in [3.05, 3.63) is 105 Å². The van der Waals surface area contributed by atoms with Crippen LogP contribution in [0.2, 0.25) is 0 Å². The third-order valence-electron chi connectivity index (χ3n) is 7.61. The van der Waals surface area contributed by atoms with Gasteiger partial charge in [-0.25, -0.2) is 36.5 Å². The fourth-order valence-electron chi connectivity index (χ4n) is 5.34. The van der Waals surface area contributed by atoms with E-state index < -0.39 is 50.5 Å². The highest BCUT2D eigenvalue weighted by atomic mass is 35.5. The number of anilines is 1. The number of halogens is 3. The summed E-state index contributed by atoms with van der Waals surface area (Å²) in [5.41, 5.74) is -1.11. The highest BCUT2D eigenvalue weighted by Gasteiger charge is 2.49.